The van der Waals surface area contributed by atoms with Crippen molar-refractivity contribution in [1.82, 2.24) is 4.98 Å². The fraction of sp³-hybridized carbons (Fsp3) is 0.667. The second-order valence-corrected chi connectivity index (χ2v) is 6.06. The first-order valence-electron chi connectivity index (χ1n) is 7.19. The molecule has 0 atom stereocenters. The first kappa shape index (κ1) is 16.2. The summed E-state index contributed by atoms with van der Waals surface area (Å²) in [6.45, 7) is 8.60. The van der Waals surface area contributed by atoms with E-state index in [-0.39, 0.29) is 0 Å². The third-order valence-corrected chi connectivity index (χ3v) is 5.21. The Morgan fingerprint density at radius 3 is 2.26 bits per heavy atom. The second-order valence-electron chi connectivity index (χ2n) is 4.78. The van der Waals surface area contributed by atoms with Crippen molar-refractivity contribution in [3.05, 3.63) is 18.2 Å². The third kappa shape index (κ3) is 4.94. The van der Waals surface area contributed by atoms with E-state index in [1.807, 2.05) is 30.0 Å². The van der Waals surface area contributed by atoms with Crippen LogP contribution in [-0.4, -0.2) is 29.1 Å². The molecule has 4 heteroatoms. The number of nitrogens with one attached hydrogen (secondary N) is 2. The van der Waals surface area contributed by atoms with Gasteiger partial charge in [0.15, 0.2) is 0 Å². The van der Waals surface area contributed by atoms with E-state index in [1.54, 1.807) is 0 Å². The Kier molecular flexibility index (Phi) is 7.06. The number of hydrogen-bond donors (Lipinski definition) is 2. The van der Waals surface area contributed by atoms with Gasteiger partial charge in [0.25, 0.3) is 0 Å². The zero-order valence-electron chi connectivity index (χ0n) is 12.6. The van der Waals surface area contributed by atoms with Crippen LogP contribution in [-0.2, 0) is 0 Å². The van der Waals surface area contributed by atoms with Crippen LogP contribution in [0.5, 0.6) is 0 Å². The molecule has 0 aliphatic rings. The van der Waals surface area contributed by atoms with E-state index in [4.69, 9.17) is 0 Å². The first-order valence-corrected chi connectivity index (χ1v) is 8.42. The van der Waals surface area contributed by atoms with Gasteiger partial charge in [-0.1, -0.05) is 26.8 Å². The van der Waals surface area contributed by atoms with Crippen molar-refractivity contribution in [2.75, 3.05) is 30.0 Å². The zero-order valence-corrected chi connectivity index (χ0v) is 13.4. The first-order chi connectivity index (χ1) is 9.19. The van der Waals surface area contributed by atoms with E-state index in [9.17, 15) is 0 Å². The molecular weight excluding hydrogens is 254 g/mol. The molecule has 108 valence electrons. The number of nitrogens with zero attached hydrogens (tertiary/aromatic N) is 1. The van der Waals surface area contributed by atoms with Crippen LogP contribution in [0.4, 0.5) is 11.6 Å². The normalized spacial score (nSPS) is 11.4. The molecule has 0 radical (unpaired) electrons. The number of thioether (sulfide) groups is 1. The highest BCUT2D eigenvalue weighted by Gasteiger charge is 2.24. The molecule has 0 amide bonds. The van der Waals surface area contributed by atoms with Crippen LogP contribution in [0.3, 0.4) is 0 Å². The third-order valence-electron chi connectivity index (χ3n) is 3.62. The smallest absolute Gasteiger partial charge is 0.128 e. The number of pyridine rings is 1. The van der Waals surface area contributed by atoms with Crippen molar-refractivity contribution in [3.8, 4) is 0 Å². The van der Waals surface area contributed by atoms with E-state index in [2.05, 4.69) is 42.6 Å². The van der Waals surface area contributed by atoms with Gasteiger partial charge in [-0.3, -0.25) is 0 Å². The molecule has 2 N–H and O–H groups in total. The molecule has 0 fully saturated rings. The van der Waals surface area contributed by atoms with Crippen molar-refractivity contribution in [2.45, 2.75) is 44.8 Å². The van der Waals surface area contributed by atoms with Gasteiger partial charge < -0.3 is 10.6 Å². The standard InChI is InChI=1S/C15H27N3S/c1-5-11-16-13-9-8-10-14(18-13)17-12-15(6-2,7-3)19-4/h8-10H,5-7,11-12H2,1-4H3,(H2,16,17,18). The molecule has 19 heavy (non-hydrogen) atoms. The highest BCUT2D eigenvalue weighted by atomic mass is 32.2. The maximum atomic E-state index is 4.58. The van der Waals surface area contributed by atoms with E-state index in [0.717, 1.165) is 31.1 Å². The fourth-order valence-corrected chi connectivity index (χ4v) is 2.79. The van der Waals surface area contributed by atoms with Gasteiger partial charge in [0.1, 0.15) is 11.6 Å². The minimum atomic E-state index is 0.314. The Balaban J connectivity index is 2.61. The summed E-state index contributed by atoms with van der Waals surface area (Å²) in [5, 5.41) is 6.80. The maximum Gasteiger partial charge on any atom is 0.128 e. The number of anilines is 2. The average Bonchev–Trinajstić information content (AvgIpc) is 2.47. The molecule has 0 aliphatic carbocycles. The Bertz CT molecular complexity index is 356. The van der Waals surface area contributed by atoms with Gasteiger partial charge in [0, 0.05) is 17.8 Å². The fourth-order valence-electron chi connectivity index (χ4n) is 2.00. The van der Waals surface area contributed by atoms with Gasteiger partial charge in [-0.15, -0.1) is 0 Å². The van der Waals surface area contributed by atoms with Gasteiger partial charge >= 0.3 is 0 Å². The molecule has 1 rings (SSSR count). The summed E-state index contributed by atoms with van der Waals surface area (Å²) in [4.78, 5) is 4.58. The zero-order chi connectivity index (χ0) is 14.1. The van der Waals surface area contributed by atoms with Crippen molar-refractivity contribution in [1.29, 1.82) is 0 Å². The summed E-state index contributed by atoms with van der Waals surface area (Å²) in [6.07, 6.45) is 5.65. The number of rotatable bonds is 9. The van der Waals surface area contributed by atoms with Crippen LogP contribution >= 0.6 is 11.8 Å². The van der Waals surface area contributed by atoms with Crippen molar-refractivity contribution in [2.24, 2.45) is 0 Å². The average molecular weight is 281 g/mol. The summed E-state index contributed by atoms with van der Waals surface area (Å²) in [6, 6.07) is 6.10. The van der Waals surface area contributed by atoms with Crippen molar-refractivity contribution in [3.63, 3.8) is 0 Å². The predicted molar refractivity (Wildman–Crippen MR) is 88.3 cm³/mol. The summed E-state index contributed by atoms with van der Waals surface area (Å²) in [7, 11) is 0. The van der Waals surface area contributed by atoms with E-state index in [0.29, 0.717) is 4.75 Å². The Morgan fingerprint density at radius 2 is 1.74 bits per heavy atom. The molecule has 0 unspecified atom stereocenters. The van der Waals surface area contributed by atoms with Crippen LogP contribution in [0.25, 0.3) is 0 Å². The topological polar surface area (TPSA) is 37.0 Å². The Morgan fingerprint density at radius 1 is 1.11 bits per heavy atom. The minimum Gasteiger partial charge on any atom is -0.370 e. The van der Waals surface area contributed by atoms with E-state index < -0.39 is 0 Å². The lowest BCUT2D eigenvalue weighted by Crippen LogP contribution is -2.32. The second kappa shape index (κ2) is 8.31. The molecule has 1 aromatic rings. The quantitative estimate of drug-likeness (QED) is 0.710. The minimum absolute atomic E-state index is 0.314. The molecule has 0 spiro atoms. The van der Waals surface area contributed by atoms with Crippen molar-refractivity contribution >= 4 is 23.4 Å². The molecule has 0 aliphatic heterocycles. The SMILES string of the molecule is CCCNc1cccc(NCC(CC)(CC)SC)n1. The van der Waals surface area contributed by atoms with E-state index >= 15 is 0 Å². The largest absolute Gasteiger partial charge is 0.370 e. The van der Waals surface area contributed by atoms with Crippen LogP contribution in [0.2, 0.25) is 0 Å². The lowest BCUT2D eigenvalue weighted by atomic mass is 10.0. The maximum absolute atomic E-state index is 4.58. The summed E-state index contributed by atoms with van der Waals surface area (Å²) in [5.41, 5.74) is 0. The molecule has 1 heterocycles. The molecular formula is C15H27N3S. The molecule has 0 aromatic carbocycles. The van der Waals surface area contributed by atoms with Crippen LogP contribution in [0.15, 0.2) is 18.2 Å². The number of aromatic nitrogens is 1. The molecule has 3 nitrogen and oxygen atoms in total. The lowest BCUT2D eigenvalue weighted by Gasteiger charge is -2.30. The van der Waals surface area contributed by atoms with Crippen LogP contribution in [0, 0.1) is 0 Å². The van der Waals surface area contributed by atoms with Crippen molar-refractivity contribution < 1.29 is 0 Å². The Hall–Kier alpha value is -0.900. The van der Waals surface area contributed by atoms with Gasteiger partial charge in [-0.25, -0.2) is 4.98 Å². The molecule has 0 saturated heterocycles. The lowest BCUT2D eigenvalue weighted by molar-refractivity contribution is 0.574. The van der Waals surface area contributed by atoms with Crippen LogP contribution < -0.4 is 10.6 Å². The van der Waals surface area contributed by atoms with Gasteiger partial charge in [-0.2, -0.15) is 11.8 Å². The molecule has 1 aromatic heterocycles. The van der Waals surface area contributed by atoms with Gasteiger partial charge in [0.05, 0.1) is 0 Å². The van der Waals surface area contributed by atoms with Crippen LogP contribution in [0.1, 0.15) is 40.0 Å². The van der Waals surface area contributed by atoms with Gasteiger partial charge in [0.2, 0.25) is 0 Å². The summed E-state index contributed by atoms with van der Waals surface area (Å²) in [5.74, 6) is 1.91. The van der Waals surface area contributed by atoms with Gasteiger partial charge in [-0.05, 0) is 37.7 Å². The highest BCUT2D eigenvalue weighted by molar-refractivity contribution is 8.00. The summed E-state index contributed by atoms with van der Waals surface area (Å²) >= 11 is 1.95. The monoisotopic (exact) mass is 281 g/mol. The summed E-state index contributed by atoms with van der Waals surface area (Å²) < 4.78 is 0.314. The number of hydrogen-bond acceptors (Lipinski definition) is 4. The molecule has 0 saturated carbocycles. The molecule has 0 bridgehead atoms. The highest BCUT2D eigenvalue weighted by Crippen LogP contribution is 2.30. The predicted octanol–water partition coefficient (Wildman–Crippen LogP) is 4.24. The van der Waals surface area contributed by atoms with E-state index in [1.165, 1.54) is 12.8 Å². The Labute approximate surface area is 122 Å².